The van der Waals surface area contributed by atoms with Crippen LogP contribution < -0.4 is 11.0 Å². The van der Waals surface area contributed by atoms with Gasteiger partial charge in [-0.25, -0.2) is 4.79 Å². The molecule has 124 valence electrons. The van der Waals surface area contributed by atoms with E-state index in [1.54, 1.807) is 12.1 Å². The Balaban J connectivity index is 2.06. The van der Waals surface area contributed by atoms with Gasteiger partial charge in [0, 0.05) is 6.54 Å². The van der Waals surface area contributed by atoms with E-state index in [4.69, 9.17) is 27.9 Å². The van der Waals surface area contributed by atoms with Crippen molar-refractivity contribution < 1.29 is 9.84 Å². The average Bonchev–Trinajstić information content (AvgIpc) is 2.75. The van der Waals surface area contributed by atoms with Crippen LogP contribution in [0.4, 0.5) is 0 Å². The van der Waals surface area contributed by atoms with Crippen molar-refractivity contribution in [1.82, 2.24) is 14.9 Å². The number of aromatic nitrogens is 2. The Kier molecular flexibility index (Phi) is 4.68. The number of aromatic amines is 1. The lowest BCUT2D eigenvalue weighted by Gasteiger charge is -2.33. The number of hydrogen-bond acceptors (Lipinski definition) is 4. The summed E-state index contributed by atoms with van der Waals surface area (Å²) in [6.45, 7) is 2.11. The van der Waals surface area contributed by atoms with E-state index in [1.807, 2.05) is 6.07 Å². The van der Waals surface area contributed by atoms with E-state index >= 15 is 0 Å². The molecule has 1 fully saturated rings. The summed E-state index contributed by atoms with van der Waals surface area (Å²) in [6.07, 6.45) is 1.89. The van der Waals surface area contributed by atoms with Gasteiger partial charge in [-0.2, -0.15) is 0 Å². The van der Waals surface area contributed by atoms with Crippen LogP contribution in [-0.4, -0.2) is 34.4 Å². The number of rotatable bonds is 3. The maximum atomic E-state index is 11.9. The van der Waals surface area contributed by atoms with Crippen LogP contribution in [-0.2, 0) is 16.9 Å². The minimum absolute atomic E-state index is 0.129. The van der Waals surface area contributed by atoms with Gasteiger partial charge in [-0.3, -0.25) is 4.57 Å². The Labute approximate surface area is 143 Å². The molecule has 1 unspecified atom stereocenters. The third-order valence-corrected chi connectivity index (χ3v) is 4.81. The first-order valence-corrected chi connectivity index (χ1v) is 8.05. The van der Waals surface area contributed by atoms with E-state index in [-0.39, 0.29) is 18.1 Å². The van der Waals surface area contributed by atoms with E-state index in [2.05, 4.69) is 10.3 Å². The van der Waals surface area contributed by atoms with Crippen LogP contribution in [0, 0.1) is 0 Å². The van der Waals surface area contributed by atoms with Crippen molar-refractivity contribution in [3.63, 3.8) is 0 Å². The molecule has 0 radical (unpaired) electrons. The van der Waals surface area contributed by atoms with E-state index in [0.29, 0.717) is 23.1 Å². The fourth-order valence-electron chi connectivity index (χ4n) is 2.82. The second-order valence-electron chi connectivity index (χ2n) is 5.51. The monoisotopic (exact) mass is 357 g/mol. The molecule has 3 rings (SSSR count). The minimum Gasteiger partial charge on any atom is -0.493 e. The van der Waals surface area contributed by atoms with Crippen molar-refractivity contribution >= 4 is 23.2 Å². The van der Waals surface area contributed by atoms with Crippen molar-refractivity contribution in [3.05, 3.63) is 50.5 Å². The lowest BCUT2D eigenvalue weighted by atomic mass is 9.89. The predicted molar refractivity (Wildman–Crippen MR) is 88.3 cm³/mol. The third-order valence-electron chi connectivity index (χ3n) is 4.07. The van der Waals surface area contributed by atoms with Gasteiger partial charge >= 0.3 is 5.69 Å². The molecular weight excluding hydrogens is 341 g/mol. The van der Waals surface area contributed by atoms with Gasteiger partial charge in [0.15, 0.2) is 0 Å². The summed E-state index contributed by atoms with van der Waals surface area (Å²) in [5, 5.41) is 14.1. The summed E-state index contributed by atoms with van der Waals surface area (Å²) >= 11 is 12.2. The summed E-state index contributed by atoms with van der Waals surface area (Å²) < 4.78 is 7.36. The Hall–Kier alpha value is -1.47. The summed E-state index contributed by atoms with van der Waals surface area (Å²) in [5.41, 5.74) is -0.341. The normalized spacial score (nSPS) is 22.0. The molecule has 0 saturated carbocycles. The molecule has 6 nitrogen and oxygen atoms in total. The molecule has 1 saturated heterocycles. The summed E-state index contributed by atoms with van der Waals surface area (Å²) in [5.74, 6) is -0.129. The largest absolute Gasteiger partial charge is 0.493 e. The maximum Gasteiger partial charge on any atom is 0.328 e. The number of hydrogen-bond donors (Lipinski definition) is 3. The molecule has 23 heavy (non-hydrogen) atoms. The highest BCUT2D eigenvalue weighted by atomic mass is 35.5. The molecule has 1 atom stereocenters. The molecule has 1 aliphatic rings. The number of nitrogens with zero attached hydrogens (tertiary/aromatic N) is 1. The second-order valence-corrected chi connectivity index (χ2v) is 6.32. The van der Waals surface area contributed by atoms with Crippen LogP contribution in [0.3, 0.4) is 0 Å². The number of aromatic hydroxyl groups is 1. The van der Waals surface area contributed by atoms with Gasteiger partial charge in [0.2, 0.25) is 5.88 Å². The first-order chi connectivity index (χ1) is 11.0. The van der Waals surface area contributed by atoms with E-state index in [1.165, 1.54) is 10.8 Å². The van der Waals surface area contributed by atoms with E-state index < -0.39 is 5.60 Å². The molecular formula is C15H17Cl2N3O3. The topological polar surface area (TPSA) is 79.3 Å². The first kappa shape index (κ1) is 16.4. The highest BCUT2D eigenvalue weighted by Crippen LogP contribution is 2.36. The Bertz CT molecular complexity index is 749. The SMILES string of the molecule is O=c1[nH]cc(O)n1CC1(c2ccc(Cl)c(Cl)c2)CCNCCO1. The molecule has 0 aliphatic carbocycles. The number of halogens is 2. The van der Waals surface area contributed by atoms with Crippen molar-refractivity contribution in [3.8, 4) is 5.88 Å². The van der Waals surface area contributed by atoms with Crippen LogP contribution >= 0.6 is 23.2 Å². The minimum atomic E-state index is -0.777. The number of benzene rings is 1. The van der Waals surface area contributed by atoms with Gasteiger partial charge in [-0.05, 0) is 30.7 Å². The lowest BCUT2D eigenvalue weighted by molar-refractivity contribution is -0.0574. The maximum absolute atomic E-state index is 11.9. The van der Waals surface area contributed by atoms with Crippen LogP contribution in [0.2, 0.25) is 10.0 Å². The molecule has 0 spiro atoms. The molecule has 1 aliphatic heterocycles. The van der Waals surface area contributed by atoms with E-state index in [9.17, 15) is 9.90 Å². The standard InChI is InChI=1S/C15H17Cl2N3O3/c16-11-2-1-10(7-12(11)17)15(3-4-18-5-6-23-15)9-20-13(21)8-19-14(20)22/h1-2,7-8,18,21H,3-6,9H2,(H,19,22). The summed E-state index contributed by atoms with van der Waals surface area (Å²) in [6, 6.07) is 5.31. The van der Waals surface area contributed by atoms with Gasteiger partial charge in [0.25, 0.3) is 0 Å². The van der Waals surface area contributed by atoms with Crippen molar-refractivity contribution in [2.45, 2.75) is 18.6 Å². The fraction of sp³-hybridized carbons (Fsp3) is 0.400. The van der Waals surface area contributed by atoms with Crippen molar-refractivity contribution in [2.75, 3.05) is 19.7 Å². The quantitative estimate of drug-likeness (QED) is 0.785. The van der Waals surface area contributed by atoms with Crippen molar-refractivity contribution in [2.24, 2.45) is 0 Å². The van der Waals surface area contributed by atoms with Crippen LogP contribution in [0.5, 0.6) is 5.88 Å². The highest BCUT2D eigenvalue weighted by molar-refractivity contribution is 6.42. The molecule has 3 N–H and O–H groups in total. The fourth-order valence-corrected chi connectivity index (χ4v) is 3.12. The van der Waals surface area contributed by atoms with Gasteiger partial charge in [-0.1, -0.05) is 29.3 Å². The molecule has 8 heteroatoms. The molecule has 0 amide bonds. The lowest BCUT2D eigenvalue weighted by Crippen LogP contribution is -2.38. The zero-order valence-corrected chi connectivity index (χ0v) is 13.8. The van der Waals surface area contributed by atoms with Gasteiger partial charge < -0.3 is 20.1 Å². The third kappa shape index (κ3) is 3.26. The summed E-state index contributed by atoms with van der Waals surface area (Å²) in [7, 11) is 0. The number of ether oxygens (including phenoxy) is 1. The highest BCUT2D eigenvalue weighted by Gasteiger charge is 2.36. The van der Waals surface area contributed by atoms with Crippen LogP contribution in [0.15, 0.2) is 29.2 Å². The number of nitrogens with one attached hydrogen (secondary N) is 2. The number of imidazole rings is 1. The molecule has 0 bridgehead atoms. The first-order valence-electron chi connectivity index (χ1n) is 7.29. The Morgan fingerprint density at radius 1 is 1.30 bits per heavy atom. The average molecular weight is 358 g/mol. The molecule has 2 heterocycles. The second kappa shape index (κ2) is 6.57. The van der Waals surface area contributed by atoms with E-state index in [0.717, 1.165) is 18.7 Å². The number of H-pyrrole nitrogens is 1. The van der Waals surface area contributed by atoms with Gasteiger partial charge in [-0.15, -0.1) is 0 Å². The zero-order chi connectivity index (χ0) is 16.4. The smallest absolute Gasteiger partial charge is 0.328 e. The zero-order valence-electron chi connectivity index (χ0n) is 12.3. The van der Waals surface area contributed by atoms with Gasteiger partial charge in [0.05, 0.1) is 29.4 Å². The Morgan fingerprint density at radius 2 is 2.13 bits per heavy atom. The summed E-state index contributed by atoms with van der Waals surface area (Å²) in [4.78, 5) is 14.4. The molecule has 2 aromatic rings. The van der Waals surface area contributed by atoms with Crippen molar-refractivity contribution in [1.29, 1.82) is 0 Å². The molecule has 1 aromatic heterocycles. The molecule has 1 aromatic carbocycles. The predicted octanol–water partition coefficient (Wildman–Crippen LogP) is 2.09. The Morgan fingerprint density at radius 3 is 2.83 bits per heavy atom. The van der Waals surface area contributed by atoms with Gasteiger partial charge in [0.1, 0.15) is 5.60 Å². The van der Waals surface area contributed by atoms with Crippen LogP contribution in [0.1, 0.15) is 12.0 Å². The van der Waals surface area contributed by atoms with Crippen LogP contribution in [0.25, 0.3) is 0 Å².